The van der Waals surface area contributed by atoms with E-state index < -0.39 is 54.2 Å². The van der Waals surface area contributed by atoms with Gasteiger partial charge in [0.15, 0.2) is 0 Å². The molecule has 24 heavy (non-hydrogen) atoms. The highest BCUT2D eigenvalue weighted by Gasteiger charge is 2.25. The number of carboxylic acid groups (broad SMARTS) is 2. The van der Waals surface area contributed by atoms with Gasteiger partial charge in [0, 0.05) is 6.42 Å². The lowest BCUT2D eigenvalue weighted by Gasteiger charge is -2.20. The number of nitrogens with one attached hydrogen (secondary N) is 3. The summed E-state index contributed by atoms with van der Waals surface area (Å²) in [6.07, 6.45) is -0.917. The maximum absolute atomic E-state index is 11.9. The minimum atomic E-state index is -1.36. The van der Waals surface area contributed by atoms with Crippen LogP contribution in [0.5, 0.6) is 0 Å². The Morgan fingerprint density at radius 3 is 1.88 bits per heavy atom. The molecule has 0 heterocycles. The molecule has 12 heteroatoms. The van der Waals surface area contributed by atoms with E-state index in [1.807, 2.05) is 0 Å². The molecule has 9 N–H and O–H groups in total. The molecule has 3 atom stereocenters. The maximum Gasteiger partial charge on any atom is 0.326 e. The average Bonchev–Trinajstić information content (AvgIpc) is 2.45. The summed E-state index contributed by atoms with van der Waals surface area (Å²) < 4.78 is 0. The lowest BCUT2D eigenvalue weighted by molar-refractivity contribution is -0.142. The van der Waals surface area contributed by atoms with E-state index in [-0.39, 0.29) is 12.8 Å². The minimum absolute atomic E-state index is 0.185. The second kappa shape index (κ2) is 10.1. The zero-order valence-corrected chi connectivity index (χ0v) is 12.9. The van der Waals surface area contributed by atoms with Gasteiger partial charge in [-0.25, -0.2) is 15.6 Å². The molecule has 0 aromatic rings. The van der Waals surface area contributed by atoms with Crippen molar-refractivity contribution in [3.63, 3.8) is 0 Å². The van der Waals surface area contributed by atoms with Crippen LogP contribution >= 0.6 is 0 Å². The fraction of sp³-hybridized carbons (Fsp3) is 0.583. The van der Waals surface area contributed by atoms with Gasteiger partial charge in [0.25, 0.3) is 0 Å². The summed E-state index contributed by atoms with van der Waals surface area (Å²) in [6, 6.07) is -3.71. The molecule has 0 aromatic heterocycles. The summed E-state index contributed by atoms with van der Waals surface area (Å²) in [7, 11) is 0. The highest BCUT2D eigenvalue weighted by atomic mass is 16.4. The van der Waals surface area contributed by atoms with Crippen molar-refractivity contribution in [2.24, 2.45) is 11.5 Å². The van der Waals surface area contributed by atoms with Gasteiger partial charge in [0.1, 0.15) is 12.1 Å². The van der Waals surface area contributed by atoms with Gasteiger partial charge in [-0.3, -0.25) is 19.2 Å². The molecule has 0 aliphatic heterocycles. The highest BCUT2D eigenvalue weighted by Crippen LogP contribution is 1.98. The highest BCUT2D eigenvalue weighted by molar-refractivity contribution is 5.87. The summed E-state index contributed by atoms with van der Waals surface area (Å²) >= 11 is 0. The second-order valence-corrected chi connectivity index (χ2v) is 4.98. The Hall–Kier alpha value is -2.73. The average molecular weight is 347 g/mol. The van der Waals surface area contributed by atoms with E-state index in [0.717, 1.165) is 0 Å². The van der Waals surface area contributed by atoms with Gasteiger partial charge in [0.2, 0.25) is 17.7 Å². The molecule has 3 amide bonds. The van der Waals surface area contributed by atoms with Crippen LogP contribution in [0.1, 0.15) is 26.2 Å². The van der Waals surface area contributed by atoms with E-state index in [1.165, 1.54) is 6.92 Å². The molecule has 0 radical (unpaired) electrons. The van der Waals surface area contributed by atoms with Crippen molar-refractivity contribution in [1.82, 2.24) is 16.2 Å². The van der Waals surface area contributed by atoms with Crippen molar-refractivity contribution in [1.29, 1.82) is 0 Å². The number of hydrogen-bond acceptors (Lipinski definition) is 7. The number of hydrazine groups is 1. The van der Waals surface area contributed by atoms with Crippen molar-refractivity contribution in [2.45, 2.75) is 44.3 Å². The zero-order valence-electron chi connectivity index (χ0n) is 12.9. The molecule has 0 bridgehead atoms. The molecule has 12 nitrogen and oxygen atoms in total. The monoisotopic (exact) mass is 347 g/mol. The number of hydrogen-bond donors (Lipinski definition) is 7. The standard InChI is InChI=1S/C12H21N5O7/c1-5(16-17-7(12(23)24)4-9(14)19)10(20)15-6(11(21)22)2-3-8(13)18/h5-7,16-17H,2-4H2,1H3,(H2,13,18)(H2,14,19)(H,15,20)(H,21,22)(H,23,24)/t5-,6-,7-/m0/s1. The normalized spacial score (nSPS) is 14.2. The third-order valence-corrected chi connectivity index (χ3v) is 2.86. The quantitative estimate of drug-likeness (QED) is 0.175. The molecule has 0 aliphatic rings. The number of carbonyl (C=O) groups is 5. The molecule has 0 aliphatic carbocycles. The van der Waals surface area contributed by atoms with Gasteiger partial charge in [-0.1, -0.05) is 0 Å². The van der Waals surface area contributed by atoms with Crippen LogP contribution in [0, 0.1) is 0 Å². The Kier molecular flexibility index (Phi) is 8.97. The number of rotatable bonds is 12. The van der Waals surface area contributed by atoms with E-state index in [9.17, 15) is 24.0 Å². The Bertz CT molecular complexity index is 510. The smallest absolute Gasteiger partial charge is 0.326 e. The molecule has 0 aromatic carbocycles. The zero-order chi connectivity index (χ0) is 18.9. The van der Waals surface area contributed by atoms with Crippen molar-refractivity contribution >= 4 is 29.7 Å². The van der Waals surface area contributed by atoms with Crippen LogP contribution in [0.25, 0.3) is 0 Å². The van der Waals surface area contributed by atoms with Crippen LogP contribution in [-0.2, 0) is 24.0 Å². The van der Waals surface area contributed by atoms with Crippen LogP contribution in [0.4, 0.5) is 0 Å². The fourth-order valence-corrected chi connectivity index (χ4v) is 1.53. The first-order valence-corrected chi connectivity index (χ1v) is 6.88. The van der Waals surface area contributed by atoms with Gasteiger partial charge in [-0.2, -0.15) is 0 Å². The summed E-state index contributed by atoms with van der Waals surface area (Å²) in [5.74, 6) is -5.03. The molecular weight excluding hydrogens is 326 g/mol. The van der Waals surface area contributed by atoms with Crippen molar-refractivity contribution in [2.75, 3.05) is 0 Å². The lowest BCUT2D eigenvalue weighted by Crippen LogP contribution is -2.56. The van der Waals surface area contributed by atoms with Crippen LogP contribution < -0.4 is 27.6 Å². The van der Waals surface area contributed by atoms with Gasteiger partial charge in [-0.05, 0) is 13.3 Å². The first kappa shape index (κ1) is 21.3. The first-order chi connectivity index (χ1) is 11.0. The Labute approximate surface area is 136 Å². The van der Waals surface area contributed by atoms with E-state index in [4.69, 9.17) is 21.7 Å². The molecule has 0 saturated heterocycles. The van der Waals surface area contributed by atoms with E-state index >= 15 is 0 Å². The molecule has 0 saturated carbocycles. The number of amides is 3. The Morgan fingerprint density at radius 1 is 0.917 bits per heavy atom. The van der Waals surface area contributed by atoms with Crippen molar-refractivity contribution in [3.05, 3.63) is 0 Å². The van der Waals surface area contributed by atoms with Crippen LogP contribution in [-0.4, -0.2) is 58.0 Å². The Balaban J connectivity index is 4.56. The van der Waals surface area contributed by atoms with Gasteiger partial charge in [0.05, 0.1) is 12.5 Å². The molecule has 0 unspecified atom stereocenters. The van der Waals surface area contributed by atoms with E-state index in [1.54, 1.807) is 0 Å². The van der Waals surface area contributed by atoms with E-state index in [0.29, 0.717) is 0 Å². The molecular formula is C12H21N5O7. The van der Waals surface area contributed by atoms with Crippen LogP contribution in [0.15, 0.2) is 0 Å². The largest absolute Gasteiger partial charge is 0.480 e. The van der Waals surface area contributed by atoms with Crippen molar-refractivity contribution in [3.8, 4) is 0 Å². The third kappa shape index (κ3) is 8.65. The predicted molar refractivity (Wildman–Crippen MR) is 79.0 cm³/mol. The molecule has 0 rings (SSSR count). The number of aliphatic carboxylic acids is 2. The number of primary amides is 2. The predicted octanol–water partition coefficient (Wildman–Crippen LogP) is -3.37. The van der Waals surface area contributed by atoms with E-state index in [2.05, 4.69) is 16.2 Å². The summed E-state index contributed by atoms with van der Waals surface area (Å²) in [5, 5.41) is 20.0. The number of nitrogens with two attached hydrogens (primary N) is 2. The first-order valence-electron chi connectivity index (χ1n) is 6.88. The SMILES string of the molecule is C[C@H](NN[C@@H](CC(N)=O)C(=O)O)C(=O)N[C@@H](CCC(N)=O)C(=O)O. The van der Waals surface area contributed by atoms with Gasteiger partial charge < -0.3 is 27.0 Å². The third-order valence-electron chi connectivity index (χ3n) is 2.86. The second-order valence-electron chi connectivity index (χ2n) is 4.98. The van der Waals surface area contributed by atoms with Gasteiger partial charge in [-0.15, -0.1) is 0 Å². The summed E-state index contributed by atoms with van der Waals surface area (Å²) in [4.78, 5) is 55.2. The summed E-state index contributed by atoms with van der Waals surface area (Å²) in [6.45, 7) is 1.33. The van der Waals surface area contributed by atoms with Crippen LogP contribution in [0.3, 0.4) is 0 Å². The number of carbonyl (C=O) groups excluding carboxylic acids is 3. The molecule has 0 fully saturated rings. The molecule has 0 spiro atoms. The van der Waals surface area contributed by atoms with Crippen molar-refractivity contribution < 1.29 is 34.2 Å². The minimum Gasteiger partial charge on any atom is -0.480 e. The summed E-state index contributed by atoms with van der Waals surface area (Å²) in [5.41, 5.74) is 14.4. The lowest BCUT2D eigenvalue weighted by atomic mass is 10.1. The topological polar surface area (TPSA) is 214 Å². The van der Waals surface area contributed by atoms with Crippen LogP contribution in [0.2, 0.25) is 0 Å². The fourth-order valence-electron chi connectivity index (χ4n) is 1.53. The Morgan fingerprint density at radius 2 is 1.46 bits per heavy atom. The van der Waals surface area contributed by atoms with Gasteiger partial charge >= 0.3 is 11.9 Å². The number of carboxylic acids is 2. The molecule has 136 valence electrons. The maximum atomic E-state index is 11.9.